The summed E-state index contributed by atoms with van der Waals surface area (Å²) in [6.07, 6.45) is 0. The molecule has 1 aromatic rings. The average Bonchev–Trinajstić information content (AvgIpc) is 2.44. The summed E-state index contributed by atoms with van der Waals surface area (Å²) in [5.74, 6) is -0.220. The summed E-state index contributed by atoms with van der Waals surface area (Å²) in [7, 11) is 1.34. The van der Waals surface area contributed by atoms with E-state index in [1.807, 2.05) is 13.8 Å². The van der Waals surface area contributed by atoms with E-state index >= 15 is 0 Å². The molecule has 0 aliphatic carbocycles. The zero-order valence-corrected chi connectivity index (χ0v) is 12.3. The predicted octanol–water partition coefficient (Wildman–Crippen LogP) is 1.43. The van der Waals surface area contributed by atoms with E-state index in [0.717, 1.165) is 0 Å². The minimum absolute atomic E-state index is 0.0198. The van der Waals surface area contributed by atoms with Gasteiger partial charge in [-0.2, -0.15) is 0 Å². The van der Waals surface area contributed by atoms with Crippen molar-refractivity contribution in [2.24, 2.45) is 0 Å². The van der Waals surface area contributed by atoms with Crippen molar-refractivity contribution in [1.82, 2.24) is 10.2 Å². The van der Waals surface area contributed by atoms with Crippen LogP contribution in [0.1, 0.15) is 24.2 Å². The topological polar surface area (TPSA) is 84.7 Å². The first kappa shape index (κ1) is 15.2. The van der Waals surface area contributed by atoms with Crippen molar-refractivity contribution < 1.29 is 14.5 Å². The number of rotatable bonds is 3. The molecule has 0 aromatic heterocycles. The predicted molar refractivity (Wildman–Crippen MR) is 77.6 cm³/mol. The van der Waals surface area contributed by atoms with Crippen LogP contribution in [0.3, 0.4) is 0 Å². The van der Waals surface area contributed by atoms with Gasteiger partial charge in [0.05, 0.1) is 17.6 Å². The highest BCUT2D eigenvalue weighted by molar-refractivity contribution is 5.98. The molecule has 1 saturated heterocycles. The standard InChI is InChI=1S/C14H19N3O4/c1-9-7-16(8-10(2)15-9)14(18)11-5-4-6-12(17(19)20)13(11)21-3/h4-6,9-10,15H,7-8H2,1-3H3. The molecule has 1 fully saturated rings. The second kappa shape index (κ2) is 6.09. The number of ether oxygens (including phenoxy) is 1. The van der Waals surface area contributed by atoms with E-state index in [1.165, 1.54) is 19.2 Å². The number of piperazine rings is 1. The number of nitrogens with zero attached hydrogens (tertiary/aromatic N) is 2. The van der Waals surface area contributed by atoms with Gasteiger partial charge in [-0.05, 0) is 19.9 Å². The lowest BCUT2D eigenvalue weighted by atomic mass is 10.1. The Labute approximate surface area is 123 Å². The lowest BCUT2D eigenvalue weighted by Gasteiger charge is -2.36. The van der Waals surface area contributed by atoms with Crippen LogP contribution in [0.4, 0.5) is 5.69 Å². The Bertz CT molecular complexity index is 551. The van der Waals surface area contributed by atoms with E-state index < -0.39 is 4.92 Å². The van der Waals surface area contributed by atoms with Gasteiger partial charge in [-0.25, -0.2) is 0 Å². The van der Waals surface area contributed by atoms with Crippen LogP contribution in [0, 0.1) is 10.1 Å². The fraction of sp³-hybridized carbons (Fsp3) is 0.500. The lowest BCUT2D eigenvalue weighted by molar-refractivity contribution is -0.385. The Morgan fingerprint density at radius 2 is 2.00 bits per heavy atom. The molecule has 1 aliphatic heterocycles. The van der Waals surface area contributed by atoms with Gasteiger partial charge < -0.3 is 15.0 Å². The molecule has 2 atom stereocenters. The molecular formula is C14H19N3O4. The number of nitro groups is 1. The van der Waals surface area contributed by atoms with Crippen LogP contribution in [0.2, 0.25) is 0 Å². The number of amides is 1. The van der Waals surface area contributed by atoms with Crippen molar-refractivity contribution in [2.45, 2.75) is 25.9 Å². The van der Waals surface area contributed by atoms with E-state index in [2.05, 4.69) is 5.32 Å². The molecule has 2 unspecified atom stereocenters. The van der Waals surface area contributed by atoms with Crippen molar-refractivity contribution in [3.05, 3.63) is 33.9 Å². The quantitative estimate of drug-likeness (QED) is 0.673. The summed E-state index contributed by atoms with van der Waals surface area (Å²) in [6, 6.07) is 4.76. The number of carbonyl (C=O) groups excluding carboxylic acids is 1. The smallest absolute Gasteiger partial charge is 0.311 e. The molecule has 2 rings (SSSR count). The summed E-state index contributed by atoms with van der Waals surface area (Å²) in [6.45, 7) is 5.13. The first-order chi connectivity index (χ1) is 9.93. The van der Waals surface area contributed by atoms with Gasteiger partial charge >= 0.3 is 5.69 Å². The molecule has 1 aromatic carbocycles. The van der Waals surface area contributed by atoms with Crippen LogP contribution in [-0.4, -0.2) is 48.0 Å². The molecule has 1 amide bonds. The Morgan fingerprint density at radius 1 is 1.38 bits per heavy atom. The minimum Gasteiger partial charge on any atom is -0.490 e. The lowest BCUT2D eigenvalue weighted by Crippen LogP contribution is -2.55. The zero-order chi connectivity index (χ0) is 15.6. The van der Waals surface area contributed by atoms with Crippen LogP contribution in [0.15, 0.2) is 18.2 Å². The molecule has 7 nitrogen and oxygen atoms in total. The minimum atomic E-state index is -0.543. The molecule has 7 heteroatoms. The van der Waals surface area contributed by atoms with Crippen molar-refractivity contribution in [2.75, 3.05) is 20.2 Å². The average molecular weight is 293 g/mol. The Kier molecular flexibility index (Phi) is 4.42. The van der Waals surface area contributed by atoms with E-state index in [-0.39, 0.29) is 35.0 Å². The van der Waals surface area contributed by atoms with Gasteiger partial charge in [-0.1, -0.05) is 6.07 Å². The number of para-hydroxylation sites is 1. The largest absolute Gasteiger partial charge is 0.490 e. The maximum Gasteiger partial charge on any atom is 0.311 e. The third kappa shape index (κ3) is 3.13. The van der Waals surface area contributed by atoms with Gasteiger partial charge in [0.1, 0.15) is 0 Å². The number of nitrogens with one attached hydrogen (secondary N) is 1. The first-order valence-electron chi connectivity index (χ1n) is 6.80. The van der Waals surface area contributed by atoms with Gasteiger partial charge in [0.2, 0.25) is 5.75 Å². The maximum atomic E-state index is 12.6. The molecule has 0 radical (unpaired) electrons. The van der Waals surface area contributed by atoms with E-state index in [4.69, 9.17) is 4.74 Å². The highest BCUT2D eigenvalue weighted by atomic mass is 16.6. The summed E-state index contributed by atoms with van der Waals surface area (Å²) in [5, 5.41) is 14.4. The number of nitro benzene ring substituents is 1. The van der Waals surface area contributed by atoms with Gasteiger partial charge in [-0.15, -0.1) is 0 Å². The van der Waals surface area contributed by atoms with Crippen LogP contribution in [0.5, 0.6) is 5.75 Å². The fourth-order valence-corrected chi connectivity index (χ4v) is 2.71. The second-order valence-electron chi connectivity index (χ2n) is 5.29. The van der Waals surface area contributed by atoms with E-state index in [0.29, 0.717) is 13.1 Å². The number of benzene rings is 1. The molecule has 0 spiro atoms. The first-order valence-corrected chi connectivity index (χ1v) is 6.80. The molecule has 21 heavy (non-hydrogen) atoms. The number of methoxy groups -OCH3 is 1. The summed E-state index contributed by atoms with van der Waals surface area (Å²) in [5.41, 5.74) is 0.0348. The van der Waals surface area contributed by atoms with Gasteiger partial charge in [0, 0.05) is 31.2 Å². The highest BCUT2D eigenvalue weighted by Gasteiger charge is 2.29. The van der Waals surface area contributed by atoms with Gasteiger partial charge in [0.25, 0.3) is 5.91 Å². The second-order valence-corrected chi connectivity index (χ2v) is 5.29. The van der Waals surface area contributed by atoms with E-state index in [9.17, 15) is 14.9 Å². The summed E-state index contributed by atoms with van der Waals surface area (Å²) >= 11 is 0. The third-order valence-corrected chi connectivity index (χ3v) is 3.47. The molecule has 0 saturated carbocycles. The Morgan fingerprint density at radius 3 is 2.52 bits per heavy atom. The van der Waals surface area contributed by atoms with Gasteiger partial charge in [-0.3, -0.25) is 14.9 Å². The van der Waals surface area contributed by atoms with Crippen molar-refractivity contribution in [3.8, 4) is 5.75 Å². The highest BCUT2D eigenvalue weighted by Crippen LogP contribution is 2.31. The Balaban J connectivity index is 2.35. The number of carbonyl (C=O) groups is 1. The molecular weight excluding hydrogens is 274 g/mol. The van der Waals surface area contributed by atoms with Crippen LogP contribution >= 0.6 is 0 Å². The fourth-order valence-electron chi connectivity index (χ4n) is 2.71. The Hall–Kier alpha value is -2.15. The third-order valence-electron chi connectivity index (χ3n) is 3.47. The zero-order valence-electron chi connectivity index (χ0n) is 12.3. The van der Waals surface area contributed by atoms with Crippen LogP contribution in [0.25, 0.3) is 0 Å². The monoisotopic (exact) mass is 293 g/mol. The number of hydrogen-bond acceptors (Lipinski definition) is 5. The van der Waals surface area contributed by atoms with E-state index in [1.54, 1.807) is 11.0 Å². The van der Waals surface area contributed by atoms with Crippen molar-refractivity contribution in [3.63, 3.8) is 0 Å². The van der Waals surface area contributed by atoms with Crippen molar-refractivity contribution in [1.29, 1.82) is 0 Å². The molecule has 114 valence electrons. The SMILES string of the molecule is COc1c(C(=O)N2CC(C)NC(C)C2)cccc1[N+](=O)[O-]. The van der Waals surface area contributed by atoms with Gasteiger partial charge in [0.15, 0.2) is 0 Å². The normalized spacial score (nSPS) is 22.0. The van der Waals surface area contributed by atoms with Crippen molar-refractivity contribution >= 4 is 11.6 Å². The summed E-state index contributed by atoms with van der Waals surface area (Å²) < 4.78 is 5.10. The number of hydrogen-bond donors (Lipinski definition) is 1. The maximum absolute atomic E-state index is 12.6. The molecule has 1 aliphatic rings. The molecule has 0 bridgehead atoms. The molecule has 1 N–H and O–H groups in total. The molecule has 1 heterocycles. The van der Waals surface area contributed by atoms with Crippen LogP contribution in [-0.2, 0) is 0 Å². The van der Waals surface area contributed by atoms with Crippen LogP contribution < -0.4 is 10.1 Å². The summed E-state index contributed by atoms with van der Waals surface area (Å²) in [4.78, 5) is 24.8.